The lowest BCUT2D eigenvalue weighted by molar-refractivity contribution is 0.0518. The van der Waals surface area contributed by atoms with Crippen LogP contribution in [-0.4, -0.2) is 27.3 Å². The molecule has 3 aromatic rings. The molecule has 1 aromatic carbocycles. The van der Waals surface area contributed by atoms with Crippen molar-refractivity contribution in [1.29, 1.82) is 0 Å². The number of esters is 1. The molecule has 0 unspecified atom stereocenters. The molecule has 0 aliphatic heterocycles. The van der Waals surface area contributed by atoms with Crippen molar-refractivity contribution in [2.75, 3.05) is 6.61 Å². The Kier molecular flexibility index (Phi) is 4.02. The van der Waals surface area contributed by atoms with Crippen LogP contribution in [0.5, 0.6) is 0 Å². The molecule has 112 valence electrons. The van der Waals surface area contributed by atoms with E-state index in [4.69, 9.17) is 4.74 Å². The summed E-state index contributed by atoms with van der Waals surface area (Å²) in [6, 6.07) is 9.78. The van der Waals surface area contributed by atoms with E-state index < -0.39 is 5.97 Å². The van der Waals surface area contributed by atoms with Gasteiger partial charge in [-0.15, -0.1) is 11.3 Å². The van der Waals surface area contributed by atoms with Crippen LogP contribution in [0, 0.1) is 0 Å². The number of ether oxygens (including phenoxy) is 1. The SMILES string of the molecule is CCOC(=O)c1cc(-c2cccc(-c3nccs3)c2)n(C)n1. The third-order valence-corrected chi connectivity index (χ3v) is 4.02. The molecule has 0 bridgehead atoms. The molecule has 5 nitrogen and oxygen atoms in total. The van der Waals surface area contributed by atoms with Crippen LogP contribution in [-0.2, 0) is 11.8 Å². The Morgan fingerprint density at radius 3 is 2.86 bits per heavy atom. The predicted octanol–water partition coefficient (Wildman–Crippen LogP) is 3.39. The summed E-state index contributed by atoms with van der Waals surface area (Å²) in [6.07, 6.45) is 1.79. The average Bonchev–Trinajstić information content (AvgIpc) is 3.17. The Bertz CT molecular complexity index is 794. The largest absolute Gasteiger partial charge is 0.461 e. The maximum Gasteiger partial charge on any atom is 0.358 e. The molecule has 6 heteroatoms. The molecule has 0 atom stereocenters. The van der Waals surface area contributed by atoms with Crippen LogP contribution in [0.25, 0.3) is 21.8 Å². The van der Waals surface area contributed by atoms with Gasteiger partial charge in [0.15, 0.2) is 5.69 Å². The normalized spacial score (nSPS) is 10.6. The van der Waals surface area contributed by atoms with Gasteiger partial charge in [0.25, 0.3) is 0 Å². The highest BCUT2D eigenvalue weighted by Gasteiger charge is 2.15. The zero-order valence-corrected chi connectivity index (χ0v) is 13.1. The Hall–Kier alpha value is -2.47. The first-order chi connectivity index (χ1) is 10.7. The van der Waals surface area contributed by atoms with Crippen LogP contribution in [0.1, 0.15) is 17.4 Å². The van der Waals surface area contributed by atoms with Gasteiger partial charge in [-0.05, 0) is 19.1 Å². The summed E-state index contributed by atoms with van der Waals surface area (Å²) >= 11 is 1.59. The molecular weight excluding hydrogens is 298 g/mol. The molecule has 0 N–H and O–H groups in total. The minimum Gasteiger partial charge on any atom is -0.461 e. The van der Waals surface area contributed by atoms with Gasteiger partial charge < -0.3 is 4.74 Å². The molecule has 0 saturated carbocycles. The summed E-state index contributed by atoms with van der Waals surface area (Å²) < 4.78 is 6.68. The van der Waals surface area contributed by atoms with Gasteiger partial charge in [0.05, 0.1) is 12.3 Å². The highest BCUT2D eigenvalue weighted by atomic mass is 32.1. The molecule has 0 fully saturated rings. The Balaban J connectivity index is 1.98. The summed E-state index contributed by atoms with van der Waals surface area (Å²) in [6.45, 7) is 2.11. The van der Waals surface area contributed by atoms with Crippen LogP contribution >= 0.6 is 11.3 Å². The van der Waals surface area contributed by atoms with Crippen molar-refractivity contribution in [3.63, 3.8) is 0 Å². The number of nitrogens with zero attached hydrogens (tertiary/aromatic N) is 3. The van der Waals surface area contributed by atoms with Crippen LogP contribution in [0.4, 0.5) is 0 Å². The number of thiazole rings is 1. The third-order valence-electron chi connectivity index (χ3n) is 3.20. The van der Waals surface area contributed by atoms with E-state index in [0.717, 1.165) is 21.8 Å². The third kappa shape index (κ3) is 2.78. The number of rotatable bonds is 4. The first kappa shape index (κ1) is 14.5. The number of aryl methyl sites for hydroxylation is 1. The fourth-order valence-electron chi connectivity index (χ4n) is 2.22. The van der Waals surface area contributed by atoms with E-state index >= 15 is 0 Å². The zero-order valence-electron chi connectivity index (χ0n) is 12.3. The second kappa shape index (κ2) is 6.11. The van der Waals surface area contributed by atoms with Gasteiger partial charge in [0.2, 0.25) is 0 Å². The van der Waals surface area contributed by atoms with E-state index in [9.17, 15) is 4.79 Å². The van der Waals surface area contributed by atoms with Crippen molar-refractivity contribution in [2.45, 2.75) is 6.92 Å². The van der Waals surface area contributed by atoms with Crippen LogP contribution in [0.3, 0.4) is 0 Å². The number of carbonyl (C=O) groups excluding carboxylic acids is 1. The number of aromatic nitrogens is 3. The average molecular weight is 313 g/mol. The lowest BCUT2D eigenvalue weighted by Crippen LogP contribution is -2.05. The molecule has 0 aliphatic rings. The van der Waals surface area contributed by atoms with Gasteiger partial charge in [0, 0.05) is 29.8 Å². The van der Waals surface area contributed by atoms with E-state index in [2.05, 4.69) is 10.1 Å². The van der Waals surface area contributed by atoms with Crippen LogP contribution in [0.2, 0.25) is 0 Å². The first-order valence-corrected chi connectivity index (χ1v) is 7.78. The van der Waals surface area contributed by atoms with Crippen molar-refractivity contribution in [3.8, 4) is 21.8 Å². The quantitative estimate of drug-likeness (QED) is 0.693. The minimum absolute atomic E-state index is 0.319. The minimum atomic E-state index is -0.402. The second-order valence-corrected chi connectivity index (χ2v) is 5.57. The van der Waals surface area contributed by atoms with Gasteiger partial charge >= 0.3 is 5.97 Å². The summed E-state index contributed by atoms with van der Waals surface area (Å²) in [7, 11) is 1.81. The molecule has 0 spiro atoms. The fourth-order valence-corrected chi connectivity index (χ4v) is 2.86. The molecule has 0 aliphatic carbocycles. The molecule has 3 rings (SSSR count). The Morgan fingerprint density at radius 2 is 2.14 bits per heavy atom. The Morgan fingerprint density at radius 1 is 1.32 bits per heavy atom. The second-order valence-electron chi connectivity index (χ2n) is 4.68. The highest BCUT2D eigenvalue weighted by Crippen LogP contribution is 2.27. The Labute approximate surface area is 132 Å². The van der Waals surface area contributed by atoms with Gasteiger partial charge in [-0.25, -0.2) is 9.78 Å². The summed E-state index contributed by atoms with van der Waals surface area (Å²) in [4.78, 5) is 16.1. The van der Waals surface area contributed by atoms with Crippen molar-refractivity contribution >= 4 is 17.3 Å². The number of hydrogen-bond donors (Lipinski definition) is 0. The summed E-state index contributed by atoms with van der Waals surface area (Å²) in [5.41, 5.74) is 3.21. The summed E-state index contributed by atoms with van der Waals surface area (Å²) in [5.74, 6) is -0.402. The fraction of sp³-hybridized carbons (Fsp3) is 0.188. The van der Waals surface area contributed by atoms with E-state index in [-0.39, 0.29) is 0 Å². The van der Waals surface area contributed by atoms with Crippen molar-refractivity contribution < 1.29 is 9.53 Å². The lowest BCUT2D eigenvalue weighted by Gasteiger charge is -2.03. The van der Waals surface area contributed by atoms with E-state index in [1.165, 1.54) is 0 Å². The van der Waals surface area contributed by atoms with Gasteiger partial charge in [-0.1, -0.05) is 18.2 Å². The highest BCUT2D eigenvalue weighted by molar-refractivity contribution is 7.13. The molecule has 2 heterocycles. The predicted molar refractivity (Wildman–Crippen MR) is 85.7 cm³/mol. The smallest absolute Gasteiger partial charge is 0.358 e. The summed E-state index contributed by atoms with van der Waals surface area (Å²) in [5, 5.41) is 7.14. The molecule has 0 saturated heterocycles. The number of benzene rings is 1. The zero-order chi connectivity index (χ0) is 15.5. The standard InChI is InChI=1S/C16H15N3O2S/c1-3-21-16(20)13-10-14(19(2)18-13)11-5-4-6-12(9-11)15-17-7-8-22-15/h4-10H,3H2,1-2H3. The molecular formula is C16H15N3O2S. The number of hydrogen-bond acceptors (Lipinski definition) is 5. The van der Waals surface area contributed by atoms with Gasteiger partial charge in [0.1, 0.15) is 5.01 Å². The van der Waals surface area contributed by atoms with Gasteiger partial charge in [-0.3, -0.25) is 4.68 Å². The molecule has 0 amide bonds. The van der Waals surface area contributed by atoms with Gasteiger partial charge in [-0.2, -0.15) is 5.10 Å². The molecule has 2 aromatic heterocycles. The van der Waals surface area contributed by atoms with Crippen LogP contribution < -0.4 is 0 Å². The van der Waals surface area contributed by atoms with E-state index in [1.54, 1.807) is 35.2 Å². The maximum atomic E-state index is 11.8. The monoisotopic (exact) mass is 313 g/mol. The first-order valence-electron chi connectivity index (χ1n) is 6.90. The van der Waals surface area contributed by atoms with E-state index in [0.29, 0.717) is 12.3 Å². The molecule has 22 heavy (non-hydrogen) atoms. The van der Waals surface area contributed by atoms with Crippen LogP contribution in [0.15, 0.2) is 41.9 Å². The van der Waals surface area contributed by atoms with Crippen molar-refractivity contribution in [3.05, 3.63) is 47.6 Å². The maximum absolute atomic E-state index is 11.8. The topological polar surface area (TPSA) is 57.0 Å². The van der Waals surface area contributed by atoms with Crippen molar-refractivity contribution in [2.24, 2.45) is 7.05 Å². The number of carbonyl (C=O) groups is 1. The molecule has 0 radical (unpaired) electrons. The van der Waals surface area contributed by atoms with E-state index in [1.807, 2.05) is 36.7 Å². The lowest BCUT2D eigenvalue weighted by atomic mass is 10.1. The van der Waals surface area contributed by atoms with Crippen molar-refractivity contribution in [1.82, 2.24) is 14.8 Å².